The fourth-order valence-electron chi connectivity index (χ4n) is 3.75. The number of thiazole rings is 1. The van der Waals surface area contributed by atoms with E-state index < -0.39 is 6.04 Å². The molecule has 1 aromatic carbocycles. The van der Waals surface area contributed by atoms with Gasteiger partial charge in [0.2, 0.25) is 5.91 Å². The number of carbonyl (C=O) groups excluding carboxylic acids is 1. The molecule has 3 atom stereocenters. The van der Waals surface area contributed by atoms with Gasteiger partial charge in [0.15, 0.2) is 5.82 Å². The van der Waals surface area contributed by atoms with Crippen LogP contribution in [-0.2, 0) is 4.79 Å². The number of nitrogens with zero attached hydrogens (tertiary/aromatic N) is 5. The number of benzene rings is 1. The van der Waals surface area contributed by atoms with E-state index in [1.54, 1.807) is 30.7 Å². The smallest absolute Gasteiger partial charge is 0.247 e. The Morgan fingerprint density at radius 1 is 1.23 bits per heavy atom. The lowest BCUT2D eigenvalue weighted by atomic mass is 10.0. The third kappa shape index (κ3) is 3.09. The number of carbonyl (C=O) groups is 1. The highest BCUT2D eigenvalue weighted by molar-refractivity contribution is 7.09. The van der Waals surface area contributed by atoms with Crippen LogP contribution < -0.4 is 15.6 Å². The molecule has 0 fully saturated rings. The lowest BCUT2D eigenvalue weighted by Gasteiger charge is -2.36. The van der Waals surface area contributed by atoms with Gasteiger partial charge in [-0.25, -0.2) is 19.3 Å². The SMILES string of the molecule is CCC1C(=O)Nc2cnc(C3C=NNC3c3nccs3)nc2N1c1ccc(F)cc1. The quantitative estimate of drug-likeness (QED) is 0.668. The first-order chi connectivity index (χ1) is 14.7. The molecule has 1 amide bonds. The molecular formula is C20H18FN7OS. The fraction of sp³-hybridized carbons (Fsp3) is 0.250. The first-order valence-corrected chi connectivity index (χ1v) is 10.4. The summed E-state index contributed by atoms with van der Waals surface area (Å²) in [5, 5.41) is 9.91. The van der Waals surface area contributed by atoms with Crippen LogP contribution in [-0.4, -0.2) is 33.1 Å². The highest BCUT2D eigenvalue weighted by atomic mass is 32.1. The Balaban J connectivity index is 1.59. The summed E-state index contributed by atoms with van der Waals surface area (Å²) >= 11 is 1.54. The van der Waals surface area contributed by atoms with Gasteiger partial charge in [-0.1, -0.05) is 6.92 Å². The van der Waals surface area contributed by atoms with E-state index in [9.17, 15) is 9.18 Å². The average Bonchev–Trinajstić information content (AvgIpc) is 3.45. The Morgan fingerprint density at radius 2 is 2.07 bits per heavy atom. The molecule has 4 heterocycles. The Labute approximate surface area is 175 Å². The summed E-state index contributed by atoms with van der Waals surface area (Å²) in [4.78, 5) is 28.2. The van der Waals surface area contributed by atoms with Crippen molar-refractivity contribution in [1.82, 2.24) is 20.4 Å². The maximum atomic E-state index is 13.5. The standard InChI is InChI=1S/C20H18FN7OS/c1-2-15-19(29)25-14-10-23-17(13-9-24-27-16(13)20-22-7-8-30-20)26-18(14)28(15)12-5-3-11(21)4-6-12/h3-10,13,15-16,27H,2H2,1H3,(H,25,29). The Bertz CT molecular complexity index is 1100. The molecule has 2 aromatic heterocycles. The van der Waals surface area contributed by atoms with E-state index in [1.165, 1.54) is 23.5 Å². The minimum atomic E-state index is -0.462. The molecule has 2 N–H and O–H groups in total. The van der Waals surface area contributed by atoms with Crippen LogP contribution in [0.15, 0.2) is 47.1 Å². The number of nitrogens with one attached hydrogen (secondary N) is 2. The highest BCUT2D eigenvalue weighted by Crippen LogP contribution is 2.39. The van der Waals surface area contributed by atoms with Crippen molar-refractivity contribution in [2.75, 3.05) is 10.2 Å². The van der Waals surface area contributed by atoms with Crippen LogP contribution in [0.2, 0.25) is 0 Å². The Kier molecular flexibility index (Phi) is 4.62. The fourth-order valence-corrected chi connectivity index (χ4v) is 4.48. The van der Waals surface area contributed by atoms with E-state index >= 15 is 0 Å². The lowest BCUT2D eigenvalue weighted by molar-refractivity contribution is -0.117. The summed E-state index contributed by atoms with van der Waals surface area (Å²) in [6.45, 7) is 1.93. The van der Waals surface area contributed by atoms with Crippen molar-refractivity contribution in [2.45, 2.75) is 31.3 Å². The predicted octanol–water partition coefficient (Wildman–Crippen LogP) is 3.35. The van der Waals surface area contributed by atoms with Gasteiger partial charge in [-0.15, -0.1) is 11.3 Å². The Morgan fingerprint density at radius 3 is 2.80 bits per heavy atom. The topological polar surface area (TPSA) is 95.4 Å². The number of anilines is 3. The summed E-state index contributed by atoms with van der Waals surface area (Å²) in [5.74, 6) is 0.470. The number of halogens is 1. The van der Waals surface area contributed by atoms with Crippen molar-refractivity contribution in [3.05, 3.63) is 58.7 Å². The zero-order valence-electron chi connectivity index (χ0n) is 16.0. The number of hydrogen-bond acceptors (Lipinski definition) is 8. The molecule has 2 aliphatic rings. The molecule has 8 nitrogen and oxygen atoms in total. The molecule has 152 valence electrons. The van der Waals surface area contributed by atoms with Crippen LogP contribution in [0.25, 0.3) is 0 Å². The molecule has 3 unspecified atom stereocenters. The predicted molar refractivity (Wildman–Crippen MR) is 113 cm³/mol. The molecule has 2 aliphatic heterocycles. The van der Waals surface area contributed by atoms with Gasteiger partial charge in [-0.05, 0) is 30.7 Å². The van der Waals surface area contributed by atoms with E-state index in [0.717, 1.165) is 5.01 Å². The molecule has 10 heteroatoms. The number of hydrazone groups is 1. The lowest BCUT2D eigenvalue weighted by Crippen LogP contribution is -2.46. The minimum Gasteiger partial charge on any atom is -0.320 e. The second-order valence-electron chi connectivity index (χ2n) is 7.01. The molecule has 0 radical (unpaired) electrons. The molecule has 0 spiro atoms. The second kappa shape index (κ2) is 7.45. The summed E-state index contributed by atoms with van der Waals surface area (Å²) in [7, 11) is 0. The molecule has 3 aromatic rings. The van der Waals surface area contributed by atoms with E-state index in [4.69, 9.17) is 4.98 Å². The molecule has 0 bridgehead atoms. The minimum absolute atomic E-state index is 0.143. The third-order valence-corrected chi connectivity index (χ3v) is 6.06. The van der Waals surface area contributed by atoms with Crippen LogP contribution in [0.4, 0.5) is 21.6 Å². The Hall–Kier alpha value is -3.40. The van der Waals surface area contributed by atoms with Crippen molar-refractivity contribution >= 4 is 40.7 Å². The molecule has 0 saturated carbocycles. The summed E-state index contributed by atoms with van der Waals surface area (Å²) in [5.41, 5.74) is 4.29. The number of fused-ring (bicyclic) bond motifs is 1. The maximum absolute atomic E-state index is 13.5. The van der Waals surface area contributed by atoms with Crippen molar-refractivity contribution in [1.29, 1.82) is 0 Å². The largest absolute Gasteiger partial charge is 0.320 e. The molecule has 30 heavy (non-hydrogen) atoms. The normalized spacial score (nSPS) is 22.5. The second-order valence-corrected chi connectivity index (χ2v) is 7.93. The van der Waals surface area contributed by atoms with Gasteiger partial charge in [0.05, 0.1) is 12.1 Å². The van der Waals surface area contributed by atoms with Crippen LogP contribution in [0.3, 0.4) is 0 Å². The van der Waals surface area contributed by atoms with E-state index in [-0.39, 0.29) is 23.7 Å². The van der Waals surface area contributed by atoms with Gasteiger partial charge >= 0.3 is 0 Å². The van der Waals surface area contributed by atoms with E-state index in [1.807, 2.05) is 17.2 Å². The van der Waals surface area contributed by atoms with Gasteiger partial charge in [-0.3, -0.25) is 10.2 Å². The van der Waals surface area contributed by atoms with Gasteiger partial charge in [0.25, 0.3) is 0 Å². The van der Waals surface area contributed by atoms with Crippen LogP contribution >= 0.6 is 11.3 Å². The molecular weight excluding hydrogens is 405 g/mol. The summed E-state index contributed by atoms with van der Waals surface area (Å²) in [6, 6.07) is 5.45. The van der Waals surface area contributed by atoms with E-state index in [0.29, 0.717) is 29.4 Å². The van der Waals surface area contributed by atoms with Crippen molar-refractivity contribution < 1.29 is 9.18 Å². The first-order valence-electron chi connectivity index (χ1n) is 9.56. The first kappa shape index (κ1) is 18.6. The van der Waals surface area contributed by atoms with Crippen LogP contribution in [0.1, 0.15) is 36.1 Å². The van der Waals surface area contributed by atoms with Crippen molar-refractivity contribution in [2.24, 2.45) is 5.10 Å². The molecule has 5 rings (SSSR count). The van der Waals surface area contributed by atoms with Gasteiger partial charge < -0.3 is 10.2 Å². The number of aromatic nitrogens is 3. The van der Waals surface area contributed by atoms with Crippen LogP contribution in [0.5, 0.6) is 0 Å². The van der Waals surface area contributed by atoms with Gasteiger partial charge in [0, 0.05) is 23.5 Å². The zero-order valence-corrected chi connectivity index (χ0v) is 16.8. The highest BCUT2D eigenvalue weighted by Gasteiger charge is 2.37. The van der Waals surface area contributed by atoms with Gasteiger partial charge in [-0.2, -0.15) is 5.10 Å². The average molecular weight is 423 g/mol. The van der Waals surface area contributed by atoms with Crippen LogP contribution in [0, 0.1) is 5.82 Å². The monoisotopic (exact) mass is 423 g/mol. The van der Waals surface area contributed by atoms with Crippen molar-refractivity contribution in [3.8, 4) is 0 Å². The molecule has 0 saturated heterocycles. The third-order valence-electron chi connectivity index (χ3n) is 5.20. The number of hydrogen-bond donors (Lipinski definition) is 2. The van der Waals surface area contributed by atoms with E-state index in [2.05, 4.69) is 25.8 Å². The number of amides is 1. The molecule has 0 aliphatic carbocycles. The van der Waals surface area contributed by atoms with Gasteiger partial charge in [0.1, 0.15) is 34.4 Å². The maximum Gasteiger partial charge on any atom is 0.247 e. The summed E-state index contributed by atoms with van der Waals surface area (Å²) in [6.07, 6.45) is 5.70. The van der Waals surface area contributed by atoms with Crippen molar-refractivity contribution in [3.63, 3.8) is 0 Å². The summed E-state index contributed by atoms with van der Waals surface area (Å²) < 4.78 is 13.5. The zero-order chi connectivity index (χ0) is 20.7. The number of rotatable bonds is 4.